The molecule has 0 aliphatic carbocycles. The van der Waals surface area contributed by atoms with Gasteiger partial charge in [-0.15, -0.1) is 0 Å². The molecule has 0 amide bonds. The zero-order valence-electron chi connectivity index (χ0n) is 8.95. The molecule has 2 aromatic rings. The van der Waals surface area contributed by atoms with Gasteiger partial charge in [0.2, 0.25) is 5.88 Å². The van der Waals surface area contributed by atoms with Gasteiger partial charge in [-0.1, -0.05) is 0 Å². The van der Waals surface area contributed by atoms with E-state index in [9.17, 15) is 13.9 Å². The van der Waals surface area contributed by atoms with Gasteiger partial charge in [0.1, 0.15) is 5.75 Å². The van der Waals surface area contributed by atoms with Crippen LogP contribution in [0.4, 0.5) is 8.78 Å². The van der Waals surface area contributed by atoms with Crippen molar-refractivity contribution >= 4 is 0 Å². The molecule has 0 atom stereocenters. The number of phenols is 1. The molecule has 0 spiro atoms. The largest absolute Gasteiger partial charge is 0.508 e. The fourth-order valence-electron chi connectivity index (χ4n) is 1.47. The Labute approximate surface area is 96.3 Å². The second kappa shape index (κ2) is 4.37. The van der Waals surface area contributed by atoms with Crippen LogP contribution < -0.4 is 4.74 Å². The third-order valence-electron chi connectivity index (χ3n) is 2.27. The van der Waals surface area contributed by atoms with Crippen LogP contribution in [-0.2, 0) is 0 Å². The van der Waals surface area contributed by atoms with Gasteiger partial charge in [-0.2, -0.15) is 0 Å². The smallest absolute Gasteiger partial charge is 0.213 e. The van der Waals surface area contributed by atoms with Crippen LogP contribution in [0.25, 0.3) is 11.1 Å². The molecule has 0 aliphatic rings. The summed E-state index contributed by atoms with van der Waals surface area (Å²) in [6, 6.07) is 4.82. The highest BCUT2D eigenvalue weighted by molar-refractivity contribution is 5.66. The summed E-state index contributed by atoms with van der Waals surface area (Å²) in [6.07, 6.45) is 1.41. The van der Waals surface area contributed by atoms with Crippen molar-refractivity contribution in [2.75, 3.05) is 7.11 Å². The van der Waals surface area contributed by atoms with Gasteiger partial charge in [-0.25, -0.2) is 13.8 Å². The van der Waals surface area contributed by atoms with E-state index in [1.807, 2.05) is 0 Å². The maximum atomic E-state index is 13.6. The number of aromatic hydroxyl groups is 1. The molecule has 0 radical (unpaired) electrons. The van der Waals surface area contributed by atoms with E-state index in [1.165, 1.54) is 25.4 Å². The predicted molar refractivity (Wildman–Crippen MR) is 57.8 cm³/mol. The minimum Gasteiger partial charge on any atom is -0.508 e. The summed E-state index contributed by atoms with van der Waals surface area (Å²) in [4.78, 5) is 3.86. The summed E-state index contributed by atoms with van der Waals surface area (Å²) in [5.74, 6) is -2.17. The molecule has 5 heteroatoms. The molecule has 1 aromatic heterocycles. The number of phenolic OH excluding ortho intramolecular Hbond substituents is 1. The van der Waals surface area contributed by atoms with Gasteiger partial charge in [-0.05, 0) is 17.7 Å². The topological polar surface area (TPSA) is 42.4 Å². The molecule has 0 aliphatic heterocycles. The predicted octanol–water partition coefficient (Wildman–Crippen LogP) is 2.74. The van der Waals surface area contributed by atoms with Crippen LogP contribution in [0.5, 0.6) is 11.6 Å². The molecule has 0 saturated heterocycles. The van der Waals surface area contributed by atoms with Crippen molar-refractivity contribution in [3.8, 4) is 22.8 Å². The first kappa shape index (κ1) is 11.3. The van der Waals surface area contributed by atoms with Gasteiger partial charge in [0.15, 0.2) is 11.6 Å². The number of hydrogen-bond acceptors (Lipinski definition) is 3. The highest BCUT2D eigenvalue weighted by Gasteiger charge is 2.13. The molecule has 1 aromatic carbocycles. The Morgan fingerprint density at radius 3 is 2.71 bits per heavy atom. The number of halogens is 2. The van der Waals surface area contributed by atoms with Crippen LogP contribution >= 0.6 is 0 Å². The van der Waals surface area contributed by atoms with Crippen LogP contribution in [0, 0.1) is 11.6 Å². The number of methoxy groups -OCH3 is 1. The zero-order valence-corrected chi connectivity index (χ0v) is 8.95. The van der Waals surface area contributed by atoms with Crippen LogP contribution in [-0.4, -0.2) is 17.2 Å². The summed E-state index contributed by atoms with van der Waals surface area (Å²) >= 11 is 0. The average molecular weight is 237 g/mol. The Kier molecular flexibility index (Phi) is 2.91. The third kappa shape index (κ3) is 2.18. The van der Waals surface area contributed by atoms with Gasteiger partial charge < -0.3 is 9.84 Å². The molecule has 1 N–H and O–H groups in total. The van der Waals surface area contributed by atoms with Crippen molar-refractivity contribution in [3.63, 3.8) is 0 Å². The fraction of sp³-hybridized carbons (Fsp3) is 0.0833. The SMILES string of the molecule is COc1cc(-c2cc(O)cc(F)c2F)ccn1. The van der Waals surface area contributed by atoms with E-state index in [0.29, 0.717) is 5.56 Å². The number of benzene rings is 1. The maximum Gasteiger partial charge on any atom is 0.213 e. The van der Waals surface area contributed by atoms with Crippen molar-refractivity contribution in [2.45, 2.75) is 0 Å². The number of hydrogen-bond donors (Lipinski definition) is 1. The Hall–Kier alpha value is -2.17. The lowest BCUT2D eigenvalue weighted by Crippen LogP contribution is -1.92. The van der Waals surface area contributed by atoms with Gasteiger partial charge in [0, 0.05) is 23.9 Å². The van der Waals surface area contributed by atoms with Crippen molar-refractivity contribution in [2.24, 2.45) is 0 Å². The number of ether oxygens (including phenoxy) is 1. The van der Waals surface area contributed by atoms with Crippen LogP contribution in [0.3, 0.4) is 0 Å². The quantitative estimate of drug-likeness (QED) is 0.873. The summed E-state index contributed by atoms with van der Waals surface area (Å²) in [7, 11) is 1.42. The van der Waals surface area contributed by atoms with Crippen LogP contribution in [0.1, 0.15) is 0 Å². The first-order chi connectivity index (χ1) is 8.11. The Morgan fingerprint density at radius 1 is 1.24 bits per heavy atom. The number of nitrogens with zero attached hydrogens (tertiary/aromatic N) is 1. The minimum atomic E-state index is -1.10. The van der Waals surface area contributed by atoms with Gasteiger partial charge in [0.25, 0.3) is 0 Å². The first-order valence-electron chi connectivity index (χ1n) is 4.80. The molecule has 88 valence electrons. The minimum absolute atomic E-state index is 0.0387. The van der Waals surface area contributed by atoms with E-state index in [0.717, 1.165) is 12.1 Å². The van der Waals surface area contributed by atoms with E-state index in [4.69, 9.17) is 4.74 Å². The number of pyridine rings is 1. The normalized spacial score (nSPS) is 10.3. The lowest BCUT2D eigenvalue weighted by atomic mass is 10.1. The average Bonchev–Trinajstić information content (AvgIpc) is 2.34. The third-order valence-corrected chi connectivity index (χ3v) is 2.27. The van der Waals surface area contributed by atoms with Gasteiger partial charge in [-0.3, -0.25) is 0 Å². The van der Waals surface area contributed by atoms with Crippen molar-refractivity contribution in [3.05, 3.63) is 42.1 Å². The van der Waals surface area contributed by atoms with Crippen molar-refractivity contribution in [1.29, 1.82) is 0 Å². The summed E-state index contributed by atoms with van der Waals surface area (Å²) in [5, 5.41) is 9.25. The summed E-state index contributed by atoms with van der Waals surface area (Å²) in [5.41, 5.74) is 0.340. The first-order valence-corrected chi connectivity index (χ1v) is 4.80. The van der Waals surface area contributed by atoms with Crippen LogP contribution in [0.15, 0.2) is 30.5 Å². The van der Waals surface area contributed by atoms with Crippen molar-refractivity contribution in [1.82, 2.24) is 4.98 Å². The molecule has 17 heavy (non-hydrogen) atoms. The molecule has 1 heterocycles. The van der Waals surface area contributed by atoms with Crippen molar-refractivity contribution < 1.29 is 18.6 Å². The van der Waals surface area contributed by atoms with E-state index in [-0.39, 0.29) is 17.2 Å². The lowest BCUT2D eigenvalue weighted by Gasteiger charge is -2.06. The van der Waals surface area contributed by atoms with E-state index in [1.54, 1.807) is 0 Å². The molecule has 0 fully saturated rings. The molecular formula is C12H9F2NO2. The summed E-state index contributed by atoms with van der Waals surface area (Å²) in [6.45, 7) is 0. The van der Waals surface area contributed by atoms with Gasteiger partial charge in [0.05, 0.1) is 7.11 Å². The highest BCUT2D eigenvalue weighted by Crippen LogP contribution is 2.29. The Balaban J connectivity index is 2.59. The van der Waals surface area contributed by atoms with Crippen LogP contribution in [0.2, 0.25) is 0 Å². The molecule has 0 bridgehead atoms. The molecular weight excluding hydrogens is 228 g/mol. The fourth-order valence-corrected chi connectivity index (χ4v) is 1.47. The lowest BCUT2D eigenvalue weighted by molar-refractivity contribution is 0.398. The van der Waals surface area contributed by atoms with Gasteiger partial charge >= 0.3 is 0 Å². The molecule has 2 rings (SSSR count). The van der Waals surface area contributed by atoms with E-state index < -0.39 is 11.6 Å². The number of rotatable bonds is 2. The Bertz CT molecular complexity index is 558. The Morgan fingerprint density at radius 2 is 2.00 bits per heavy atom. The van der Waals surface area contributed by atoms with E-state index >= 15 is 0 Å². The maximum absolute atomic E-state index is 13.6. The highest BCUT2D eigenvalue weighted by atomic mass is 19.2. The molecule has 0 unspecified atom stereocenters. The zero-order chi connectivity index (χ0) is 12.4. The van der Waals surface area contributed by atoms with E-state index in [2.05, 4.69) is 4.98 Å². The summed E-state index contributed by atoms with van der Waals surface area (Å²) < 4.78 is 31.6. The molecule has 3 nitrogen and oxygen atoms in total. The number of aromatic nitrogens is 1. The second-order valence-electron chi connectivity index (χ2n) is 3.38. The standard InChI is InChI=1S/C12H9F2NO2/c1-17-11-4-7(2-3-15-11)9-5-8(16)6-10(13)12(9)14/h2-6,16H,1H3. The molecule has 0 saturated carbocycles. The monoisotopic (exact) mass is 237 g/mol. The second-order valence-corrected chi connectivity index (χ2v) is 3.38.